The highest BCUT2D eigenvalue weighted by Crippen LogP contribution is 2.34. The molecule has 0 aromatic heterocycles. The molecule has 3 N–H and O–H groups in total. The third kappa shape index (κ3) is 6.28. The lowest BCUT2D eigenvalue weighted by molar-refractivity contribution is -0.149. The van der Waals surface area contributed by atoms with E-state index in [1.54, 1.807) is 39.0 Å². The summed E-state index contributed by atoms with van der Waals surface area (Å²) in [4.78, 5) is 37.1. The van der Waals surface area contributed by atoms with Crippen LogP contribution in [0.15, 0.2) is 59.8 Å². The second-order valence-electron chi connectivity index (χ2n) is 7.98. The predicted molar refractivity (Wildman–Crippen MR) is 125 cm³/mol. The van der Waals surface area contributed by atoms with Crippen molar-refractivity contribution < 1.29 is 28.6 Å². The molecule has 0 spiro atoms. The van der Waals surface area contributed by atoms with E-state index in [0.29, 0.717) is 34.9 Å². The summed E-state index contributed by atoms with van der Waals surface area (Å²) in [6.07, 6.45) is -0.245. The van der Waals surface area contributed by atoms with Crippen LogP contribution in [0.3, 0.4) is 0 Å². The summed E-state index contributed by atoms with van der Waals surface area (Å²) >= 11 is 0. The van der Waals surface area contributed by atoms with Gasteiger partial charge in [0, 0.05) is 12.2 Å². The monoisotopic (exact) mass is 467 g/mol. The van der Waals surface area contributed by atoms with Crippen LogP contribution in [0.4, 0.5) is 4.79 Å². The zero-order valence-corrected chi connectivity index (χ0v) is 19.6. The Labute approximate surface area is 198 Å². The molecular weight excluding hydrogens is 438 g/mol. The molecular formula is C25H29N3O6. The minimum atomic E-state index is -0.710. The minimum Gasteiger partial charge on any atom is -0.493 e. The molecule has 180 valence electrons. The molecule has 9 heteroatoms. The summed E-state index contributed by atoms with van der Waals surface area (Å²) < 4.78 is 16.0. The number of carbonyl (C=O) groups excluding carboxylic acids is 3. The Morgan fingerprint density at radius 3 is 2.50 bits per heavy atom. The van der Waals surface area contributed by atoms with Crippen LogP contribution in [0.2, 0.25) is 0 Å². The number of amides is 3. The van der Waals surface area contributed by atoms with Crippen molar-refractivity contribution in [1.29, 1.82) is 0 Å². The van der Waals surface area contributed by atoms with Crippen molar-refractivity contribution in [2.24, 2.45) is 0 Å². The fourth-order valence-corrected chi connectivity index (χ4v) is 3.53. The highest BCUT2D eigenvalue weighted by molar-refractivity contribution is 5.98. The minimum absolute atomic E-state index is 0.245. The summed E-state index contributed by atoms with van der Waals surface area (Å²) in [6.45, 7) is 5.26. The number of hydrogen-bond donors (Lipinski definition) is 3. The highest BCUT2D eigenvalue weighted by atomic mass is 16.6. The van der Waals surface area contributed by atoms with Crippen LogP contribution in [0.1, 0.15) is 37.9 Å². The average molecular weight is 468 g/mol. The number of nitrogens with one attached hydrogen (secondary N) is 3. The average Bonchev–Trinajstić information content (AvgIpc) is 2.80. The maximum Gasteiger partial charge on any atom is 0.344 e. The molecule has 1 atom stereocenters. The molecule has 1 aliphatic rings. The molecule has 0 unspecified atom stereocenters. The van der Waals surface area contributed by atoms with Gasteiger partial charge in [-0.15, -0.1) is 0 Å². The van der Waals surface area contributed by atoms with E-state index in [4.69, 9.17) is 14.2 Å². The Morgan fingerprint density at radius 1 is 1.09 bits per heavy atom. The topological polar surface area (TPSA) is 115 Å². The van der Waals surface area contributed by atoms with Crippen molar-refractivity contribution >= 4 is 17.9 Å². The largest absolute Gasteiger partial charge is 0.493 e. The first-order valence-corrected chi connectivity index (χ1v) is 10.9. The second-order valence-corrected chi connectivity index (χ2v) is 7.98. The van der Waals surface area contributed by atoms with Gasteiger partial charge in [-0.2, -0.15) is 0 Å². The standard InChI is InChI=1S/C25H29N3O6/c1-15(2)34-21(29)14-33-19-11-10-18(12-20(19)32-4)23-22(16(3)27-25(31)28-23)24(30)26-13-17-8-6-5-7-9-17/h5-12,15,23H,13-14H2,1-4H3,(H,26,30)(H2,27,28,31)/t23-/m1/s1. The fourth-order valence-electron chi connectivity index (χ4n) is 3.53. The number of methoxy groups -OCH3 is 1. The third-order valence-corrected chi connectivity index (χ3v) is 5.04. The van der Waals surface area contributed by atoms with Gasteiger partial charge in [-0.25, -0.2) is 9.59 Å². The lowest BCUT2D eigenvalue weighted by Crippen LogP contribution is -2.46. The van der Waals surface area contributed by atoms with Gasteiger partial charge in [-0.3, -0.25) is 4.79 Å². The van der Waals surface area contributed by atoms with E-state index in [0.717, 1.165) is 5.56 Å². The lowest BCUT2D eigenvalue weighted by atomic mass is 9.94. The van der Waals surface area contributed by atoms with Crippen LogP contribution in [0.25, 0.3) is 0 Å². The fraction of sp³-hybridized carbons (Fsp3) is 0.320. The molecule has 0 saturated carbocycles. The Hall–Kier alpha value is -4.01. The normalized spacial score (nSPS) is 15.3. The Kier molecular flexibility index (Phi) is 8.13. The van der Waals surface area contributed by atoms with E-state index in [-0.39, 0.29) is 18.6 Å². The molecule has 9 nitrogen and oxygen atoms in total. The van der Waals surface area contributed by atoms with Crippen LogP contribution in [0, 0.1) is 0 Å². The zero-order chi connectivity index (χ0) is 24.7. The number of allylic oxidation sites excluding steroid dienone is 1. The predicted octanol–water partition coefficient (Wildman–Crippen LogP) is 2.97. The van der Waals surface area contributed by atoms with Gasteiger partial charge < -0.3 is 30.2 Å². The molecule has 0 fully saturated rings. The van der Waals surface area contributed by atoms with Crippen LogP contribution in [0.5, 0.6) is 11.5 Å². The van der Waals surface area contributed by atoms with Crippen LogP contribution >= 0.6 is 0 Å². The van der Waals surface area contributed by atoms with Gasteiger partial charge in [0.2, 0.25) is 0 Å². The molecule has 0 saturated heterocycles. The maximum absolute atomic E-state index is 13.1. The first-order chi connectivity index (χ1) is 16.3. The number of ether oxygens (including phenoxy) is 3. The molecule has 1 aliphatic heterocycles. The zero-order valence-electron chi connectivity index (χ0n) is 19.6. The highest BCUT2D eigenvalue weighted by Gasteiger charge is 2.31. The number of benzene rings is 2. The Morgan fingerprint density at radius 2 is 1.82 bits per heavy atom. The van der Waals surface area contributed by atoms with Gasteiger partial charge in [-0.1, -0.05) is 36.4 Å². The number of hydrogen-bond acceptors (Lipinski definition) is 6. The maximum atomic E-state index is 13.1. The van der Waals surface area contributed by atoms with E-state index in [2.05, 4.69) is 16.0 Å². The molecule has 34 heavy (non-hydrogen) atoms. The lowest BCUT2D eigenvalue weighted by Gasteiger charge is -2.29. The molecule has 2 aromatic carbocycles. The quantitative estimate of drug-likeness (QED) is 0.489. The van der Waals surface area contributed by atoms with E-state index >= 15 is 0 Å². The van der Waals surface area contributed by atoms with Crippen molar-refractivity contribution in [3.63, 3.8) is 0 Å². The number of rotatable bonds is 9. The molecule has 3 amide bonds. The summed E-state index contributed by atoms with van der Waals surface area (Å²) in [5, 5.41) is 8.36. The Bertz CT molecular complexity index is 1080. The van der Waals surface area contributed by atoms with Crippen LogP contribution in [-0.2, 0) is 20.9 Å². The summed E-state index contributed by atoms with van der Waals surface area (Å²) in [5.74, 6) is -0.121. The van der Waals surface area contributed by atoms with Crippen LogP contribution < -0.4 is 25.4 Å². The van der Waals surface area contributed by atoms with Crippen molar-refractivity contribution in [1.82, 2.24) is 16.0 Å². The van der Waals surface area contributed by atoms with Crippen LogP contribution in [-0.4, -0.2) is 37.7 Å². The first-order valence-electron chi connectivity index (χ1n) is 10.9. The summed E-state index contributed by atoms with van der Waals surface area (Å²) in [6, 6.07) is 13.4. The van der Waals surface area contributed by atoms with Crippen molar-refractivity contribution in [2.45, 2.75) is 39.5 Å². The number of urea groups is 1. The first kappa shape index (κ1) is 24.6. The van der Waals surface area contributed by atoms with Gasteiger partial charge >= 0.3 is 12.0 Å². The van der Waals surface area contributed by atoms with Crippen molar-refractivity contribution in [3.05, 3.63) is 70.9 Å². The van der Waals surface area contributed by atoms with E-state index in [1.165, 1.54) is 7.11 Å². The van der Waals surface area contributed by atoms with E-state index < -0.39 is 18.0 Å². The molecule has 0 bridgehead atoms. The smallest absolute Gasteiger partial charge is 0.344 e. The van der Waals surface area contributed by atoms with Gasteiger partial charge in [0.25, 0.3) is 5.91 Å². The summed E-state index contributed by atoms with van der Waals surface area (Å²) in [7, 11) is 1.47. The summed E-state index contributed by atoms with van der Waals surface area (Å²) in [5.41, 5.74) is 2.41. The van der Waals surface area contributed by atoms with E-state index in [1.807, 2.05) is 30.3 Å². The SMILES string of the molecule is COc1cc([C@H]2NC(=O)NC(C)=C2C(=O)NCc2ccccc2)ccc1OCC(=O)OC(C)C. The van der Waals surface area contributed by atoms with Crippen molar-refractivity contribution in [3.8, 4) is 11.5 Å². The van der Waals surface area contributed by atoms with Gasteiger partial charge in [0.05, 0.1) is 24.8 Å². The molecule has 3 rings (SSSR count). The third-order valence-electron chi connectivity index (χ3n) is 5.04. The number of carbonyl (C=O) groups is 3. The van der Waals surface area contributed by atoms with Gasteiger partial charge in [-0.05, 0) is 44.0 Å². The van der Waals surface area contributed by atoms with Gasteiger partial charge in [0.15, 0.2) is 18.1 Å². The van der Waals surface area contributed by atoms with Gasteiger partial charge in [0.1, 0.15) is 0 Å². The second kappa shape index (κ2) is 11.2. The van der Waals surface area contributed by atoms with E-state index in [9.17, 15) is 14.4 Å². The molecule has 2 aromatic rings. The van der Waals surface area contributed by atoms with Crippen molar-refractivity contribution in [2.75, 3.05) is 13.7 Å². The Balaban J connectivity index is 1.80. The molecule has 0 radical (unpaired) electrons. The number of esters is 1. The molecule has 0 aliphatic carbocycles. The molecule has 1 heterocycles.